The van der Waals surface area contributed by atoms with Crippen molar-refractivity contribution in [3.8, 4) is 0 Å². The van der Waals surface area contributed by atoms with E-state index >= 15 is 0 Å². The van der Waals surface area contributed by atoms with E-state index in [9.17, 15) is 9.18 Å². The Morgan fingerprint density at radius 2 is 2.00 bits per heavy atom. The van der Waals surface area contributed by atoms with Crippen molar-refractivity contribution >= 4 is 5.91 Å². The van der Waals surface area contributed by atoms with E-state index < -0.39 is 0 Å². The molecule has 0 spiro atoms. The zero-order valence-corrected chi connectivity index (χ0v) is 9.31. The lowest BCUT2D eigenvalue weighted by Crippen LogP contribution is -2.26. The van der Waals surface area contributed by atoms with Gasteiger partial charge in [-0.25, -0.2) is 4.39 Å². The Balaban J connectivity index is 2.04. The first-order valence-electron chi connectivity index (χ1n) is 5.26. The van der Waals surface area contributed by atoms with Gasteiger partial charge in [-0.2, -0.15) is 0 Å². The number of nitrogens with one attached hydrogen (secondary N) is 1. The molecular weight excluding hydrogens is 221 g/mol. The maximum Gasteiger partial charge on any atom is 0.251 e. The Kier molecular flexibility index (Phi) is 3.23. The predicted octanol–water partition coefficient (Wildman–Crippen LogP) is 2.91. The summed E-state index contributed by atoms with van der Waals surface area (Å²) in [6, 6.07) is 8.73. The molecule has 0 bridgehead atoms. The normalized spacial score (nSPS) is 12.1. The molecule has 1 atom stereocenters. The third kappa shape index (κ3) is 2.72. The summed E-state index contributed by atoms with van der Waals surface area (Å²) in [5.41, 5.74) is 0.421. The number of benzene rings is 1. The van der Waals surface area contributed by atoms with Gasteiger partial charge < -0.3 is 9.73 Å². The number of hydrogen-bond donors (Lipinski definition) is 1. The molecule has 0 saturated carbocycles. The molecule has 1 aromatic heterocycles. The second-order valence-electron chi connectivity index (χ2n) is 3.72. The van der Waals surface area contributed by atoms with Gasteiger partial charge in [-0.1, -0.05) is 0 Å². The van der Waals surface area contributed by atoms with Crippen LogP contribution in [0.1, 0.15) is 29.1 Å². The first-order chi connectivity index (χ1) is 8.16. The van der Waals surface area contributed by atoms with Crippen molar-refractivity contribution < 1.29 is 13.6 Å². The Bertz CT molecular complexity index is 491. The Hall–Kier alpha value is -2.10. The number of amides is 1. The Labute approximate surface area is 98.3 Å². The lowest BCUT2D eigenvalue weighted by molar-refractivity contribution is 0.0935. The Morgan fingerprint density at radius 1 is 1.29 bits per heavy atom. The first kappa shape index (κ1) is 11.4. The largest absolute Gasteiger partial charge is 0.467 e. The number of carbonyl (C=O) groups excluding carboxylic acids is 1. The summed E-state index contributed by atoms with van der Waals surface area (Å²) in [4.78, 5) is 11.8. The molecule has 4 heteroatoms. The van der Waals surface area contributed by atoms with Crippen LogP contribution in [0, 0.1) is 5.82 Å². The van der Waals surface area contributed by atoms with E-state index in [1.54, 1.807) is 18.4 Å². The van der Waals surface area contributed by atoms with Gasteiger partial charge in [-0.05, 0) is 43.3 Å². The lowest BCUT2D eigenvalue weighted by atomic mass is 10.2. The van der Waals surface area contributed by atoms with Crippen LogP contribution in [0.15, 0.2) is 47.1 Å². The molecule has 0 radical (unpaired) electrons. The van der Waals surface area contributed by atoms with E-state index in [2.05, 4.69) is 5.32 Å². The second-order valence-corrected chi connectivity index (χ2v) is 3.72. The quantitative estimate of drug-likeness (QED) is 0.885. The molecule has 1 amide bonds. The maximum absolute atomic E-state index is 12.7. The monoisotopic (exact) mass is 233 g/mol. The number of furan rings is 1. The highest BCUT2D eigenvalue weighted by Gasteiger charge is 2.12. The summed E-state index contributed by atoms with van der Waals surface area (Å²) >= 11 is 0. The predicted molar refractivity (Wildman–Crippen MR) is 61.0 cm³/mol. The molecule has 2 rings (SSSR count). The summed E-state index contributed by atoms with van der Waals surface area (Å²) < 4.78 is 17.9. The summed E-state index contributed by atoms with van der Waals surface area (Å²) in [7, 11) is 0. The van der Waals surface area contributed by atoms with Crippen molar-refractivity contribution in [2.45, 2.75) is 13.0 Å². The molecule has 1 aromatic carbocycles. The van der Waals surface area contributed by atoms with Gasteiger partial charge >= 0.3 is 0 Å². The zero-order chi connectivity index (χ0) is 12.3. The van der Waals surface area contributed by atoms with Crippen molar-refractivity contribution in [1.82, 2.24) is 5.32 Å². The number of rotatable bonds is 3. The molecular formula is C13H12FNO2. The SMILES string of the molecule is C[C@@H](NC(=O)c1ccc(F)cc1)c1ccco1. The average Bonchev–Trinajstić information content (AvgIpc) is 2.83. The molecule has 1 N–H and O–H groups in total. The molecule has 0 aliphatic carbocycles. The van der Waals surface area contributed by atoms with Crippen LogP contribution in [-0.4, -0.2) is 5.91 Å². The Morgan fingerprint density at radius 3 is 2.59 bits per heavy atom. The van der Waals surface area contributed by atoms with Crippen LogP contribution >= 0.6 is 0 Å². The van der Waals surface area contributed by atoms with Crippen molar-refractivity contribution in [3.05, 3.63) is 59.8 Å². The van der Waals surface area contributed by atoms with E-state index in [1.807, 2.05) is 6.92 Å². The van der Waals surface area contributed by atoms with Crippen molar-refractivity contribution in [3.63, 3.8) is 0 Å². The molecule has 0 unspecified atom stereocenters. The standard InChI is InChI=1S/C13H12FNO2/c1-9(12-3-2-8-17-12)15-13(16)10-4-6-11(14)7-5-10/h2-9H,1H3,(H,15,16)/t9-/m1/s1. The minimum absolute atomic E-state index is 0.220. The van der Waals surface area contributed by atoms with Crippen LogP contribution in [0.2, 0.25) is 0 Å². The van der Waals surface area contributed by atoms with Crippen LogP contribution in [0.3, 0.4) is 0 Å². The van der Waals surface area contributed by atoms with Gasteiger partial charge in [0.2, 0.25) is 0 Å². The third-order valence-corrected chi connectivity index (χ3v) is 2.42. The summed E-state index contributed by atoms with van der Waals surface area (Å²) in [5.74, 6) is 0.0648. The fourth-order valence-corrected chi connectivity index (χ4v) is 1.49. The van der Waals surface area contributed by atoms with E-state index in [0.29, 0.717) is 11.3 Å². The van der Waals surface area contributed by atoms with Gasteiger partial charge in [0, 0.05) is 5.56 Å². The summed E-state index contributed by atoms with van der Waals surface area (Å²) in [6.07, 6.45) is 1.55. The fraction of sp³-hybridized carbons (Fsp3) is 0.154. The molecule has 2 aromatic rings. The van der Waals surface area contributed by atoms with Crippen LogP contribution in [0.25, 0.3) is 0 Å². The molecule has 1 heterocycles. The van der Waals surface area contributed by atoms with Crippen molar-refractivity contribution in [1.29, 1.82) is 0 Å². The highest BCUT2D eigenvalue weighted by molar-refractivity contribution is 5.94. The van der Waals surface area contributed by atoms with Gasteiger partial charge in [0.05, 0.1) is 12.3 Å². The average molecular weight is 233 g/mol. The molecule has 17 heavy (non-hydrogen) atoms. The molecule has 0 aliphatic rings. The van der Waals surface area contributed by atoms with E-state index in [-0.39, 0.29) is 17.8 Å². The highest BCUT2D eigenvalue weighted by Crippen LogP contribution is 2.13. The lowest BCUT2D eigenvalue weighted by Gasteiger charge is -2.11. The molecule has 88 valence electrons. The number of carbonyl (C=O) groups is 1. The molecule has 0 saturated heterocycles. The molecule has 0 aliphatic heterocycles. The van der Waals surface area contributed by atoms with E-state index in [0.717, 1.165) is 0 Å². The minimum Gasteiger partial charge on any atom is -0.467 e. The summed E-state index contributed by atoms with van der Waals surface area (Å²) in [6.45, 7) is 1.82. The molecule has 0 fully saturated rings. The van der Waals surface area contributed by atoms with Gasteiger partial charge in [0.25, 0.3) is 5.91 Å². The first-order valence-corrected chi connectivity index (χ1v) is 5.26. The highest BCUT2D eigenvalue weighted by atomic mass is 19.1. The third-order valence-electron chi connectivity index (χ3n) is 2.42. The second kappa shape index (κ2) is 4.82. The smallest absolute Gasteiger partial charge is 0.251 e. The van der Waals surface area contributed by atoms with Crippen LogP contribution < -0.4 is 5.32 Å². The number of halogens is 1. The maximum atomic E-state index is 12.7. The van der Waals surface area contributed by atoms with Crippen LogP contribution in [-0.2, 0) is 0 Å². The van der Waals surface area contributed by atoms with E-state index in [1.165, 1.54) is 24.3 Å². The zero-order valence-electron chi connectivity index (χ0n) is 9.31. The van der Waals surface area contributed by atoms with Gasteiger partial charge in [-0.3, -0.25) is 4.79 Å². The molecule has 3 nitrogen and oxygen atoms in total. The van der Waals surface area contributed by atoms with Crippen molar-refractivity contribution in [2.75, 3.05) is 0 Å². The van der Waals surface area contributed by atoms with Gasteiger partial charge in [-0.15, -0.1) is 0 Å². The van der Waals surface area contributed by atoms with Crippen molar-refractivity contribution in [2.24, 2.45) is 0 Å². The van der Waals surface area contributed by atoms with Crippen LogP contribution in [0.4, 0.5) is 4.39 Å². The van der Waals surface area contributed by atoms with Crippen LogP contribution in [0.5, 0.6) is 0 Å². The fourth-order valence-electron chi connectivity index (χ4n) is 1.49. The van der Waals surface area contributed by atoms with Gasteiger partial charge in [0.15, 0.2) is 0 Å². The number of hydrogen-bond acceptors (Lipinski definition) is 2. The summed E-state index contributed by atoms with van der Waals surface area (Å²) in [5, 5.41) is 2.76. The van der Waals surface area contributed by atoms with E-state index in [4.69, 9.17) is 4.42 Å². The minimum atomic E-state index is -0.361. The topological polar surface area (TPSA) is 42.2 Å². The van der Waals surface area contributed by atoms with Gasteiger partial charge in [0.1, 0.15) is 11.6 Å².